The molecule has 0 nitrogen and oxygen atoms in total. The third kappa shape index (κ3) is 8.98. The minimum Gasteiger partial charge on any atom is 0 e. The molecule has 0 aromatic rings. The van der Waals surface area contributed by atoms with Crippen molar-refractivity contribution < 1.29 is 34.1 Å². The Balaban J connectivity index is 0. The van der Waals surface area contributed by atoms with E-state index in [9.17, 15) is 0 Å². The summed E-state index contributed by atoms with van der Waals surface area (Å²) in [6.07, 6.45) is 0. The van der Waals surface area contributed by atoms with Crippen molar-refractivity contribution in [3.8, 4) is 0 Å². The van der Waals surface area contributed by atoms with Gasteiger partial charge < -0.3 is 0 Å². The molecule has 4 heteroatoms. The molecule has 4 heavy (non-hydrogen) atoms. The first kappa shape index (κ1) is 37.1. The fraction of sp³-hybridized carbons (Fsp3) is 0. The molecule has 0 aromatic heterocycles. The molecule has 0 aromatic carbocycles. The Bertz CT molecular complexity index is 8.00. The zero-order valence-electron chi connectivity index (χ0n) is 1.86. The average molecular weight is 172 g/mol. The largest absolute Gasteiger partial charge is 0 e. The predicted octanol–water partition coefficient (Wildman–Crippen LogP) is -0.767. The van der Waals surface area contributed by atoms with Crippen LogP contribution in [0.15, 0.2) is 0 Å². The van der Waals surface area contributed by atoms with Gasteiger partial charge in [0.2, 0.25) is 0 Å². The van der Waals surface area contributed by atoms with E-state index in [0.29, 0.717) is 0 Å². The standard InChI is InChI=1S/Cu.Fe.Mg.Si. The van der Waals surface area contributed by atoms with Crippen LogP contribution in [-0.2, 0) is 34.1 Å². The fourth-order valence-electron chi connectivity index (χ4n) is 0. The van der Waals surface area contributed by atoms with Gasteiger partial charge in [-0.2, -0.15) is 0 Å². The van der Waals surface area contributed by atoms with Gasteiger partial charge in [0.05, 0.1) is 0 Å². The summed E-state index contributed by atoms with van der Waals surface area (Å²) in [6.45, 7) is 0. The Morgan fingerprint density at radius 2 is 1.00 bits per heavy atom. The van der Waals surface area contributed by atoms with Crippen LogP contribution in [0.5, 0.6) is 0 Å². The fourth-order valence-corrected chi connectivity index (χ4v) is 0. The molecule has 0 aliphatic carbocycles. The molecule has 0 heterocycles. The van der Waals surface area contributed by atoms with Crippen molar-refractivity contribution in [1.29, 1.82) is 0 Å². The minimum atomic E-state index is 0. The van der Waals surface area contributed by atoms with Crippen molar-refractivity contribution in [3.05, 3.63) is 0 Å². The van der Waals surface area contributed by atoms with E-state index in [2.05, 4.69) is 0 Å². The normalized spacial score (nSPS) is 0. The molecule has 7 radical (unpaired) electrons. The molecule has 0 rings (SSSR count). The third-order valence-electron chi connectivity index (χ3n) is 0. The monoisotopic (exact) mass is 171 g/mol. The Hall–Kier alpha value is 2.02. The van der Waals surface area contributed by atoms with E-state index in [1.54, 1.807) is 0 Å². The summed E-state index contributed by atoms with van der Waals surface area (Å²) in [5.41, 5.74) is 0. The van der Waals surface area contributed by atoms with Crippen molar-refractivity contribution in [2.75, 3.05) is 0 Å². The first-order valence-corrected chi connectivity index (χ1v) is 0. The van der Waals surface area contributed by atoms with Crippen LogP contribution in [0.2, 0.25) is 0 Å². The van der Waals surface area contributed by atoms with Crippen LogP contribution in [0, 0.1) is 0 Å². The van der Waals surface area contributed by atoms with Crippen molar-refractivity contribution in [3.63, 3.8) is 0 Å². The van der Waals surface area contributed by atoms with Crippen LogP contribution in [-0.4, -0.2) is 34.0 Å². The van der Waals surface area contributed by atoms with Crippen LogP contribution in [0.1, 0.15) is 0 Å². The van der Waals surface area contributed by atoms with Gasteiger partial charge >= 0.3 is 0 Å². The van der Waals surface area contributed by atoms with Crippen LogP contribution in [0.25, 0.3) is 0 Å². The second-order valence-electron chi connectivity index (χ2n) is 0. The zero-order valence-corrected chi connectivity index (χ0v) is 6.32. The molecule has 0 fully saturated rings. The minimum absolute atomic E-state index is 0. The Labute approximate surface area is 67.6 Å². The molecule has 0 aliphatic heterocycles. The molecule has 0 spiro atoms. The predicted molar refractivity (Wildman–Crippen MR) is 11.5 cm³/mol. The maximum Gasteiger partial charge on any atom is 0 e. The van der Waals surface area contributed by atoms with E-state index in [4.69, 9.17) is 0 Å². The molecular formula is CuFeMgSi. The van der Waals surface area contributed by atoms with Crippen LogP contribution in [0.4, 0.5) is 0 Å². The van der Waals surface area contributed by atoms with E-state index < -0.39 is 0 Å². The summed E-state index contributed by atoms with van der Waals surface area (Å²) in [5.74, 6) is 0. The van der Waals surface area contributed by atoms with Gasteiger partial charge in [0.1, 0.15) is 0 Å². The third-order valence-corrected chi connectivity index (χ3v) is 0. The summed E-state index contributed by atoms with van der Waals surface area (Å²) in [5, 5.41) is 0. The first-order chi connectivity index (χ1) is 0. The number of hydrogen-bond donors (Lipinski definition) is 0. The van der Waals surface area contributed by atoms with E-state index in [1.165, 1.54) is 0 Å². The molecule has 0 bridgehead atoms. The van der Waals surface area contributed by atoms with Gasteiger partial charge in [-0.05, 0) is 0 Å². The summed E-state index contributed by atoms with van der Waals surface area (Å²) in [4.78, 5) is 0. The average Bonchev–Trinajstić information content (AvgIpc) is 0. The van der Waals surface area contributed by atoms with Gasteiger partial charge in [0, 0.05) is 68.2 Å². The molecule has 0 saturated carbocycles. The van der Waals surface area contributed by atoms with Gasteiger partial charge in [-0.3, -0.25) is 0 Å². The van der Waals surface area contributed by atoms with Gasteiger partial charge in [-0.1, -0.05) is 0 Å². The molecule has 0 amide bonds. The van der Waals surface area contributed by atoms with Gasteiger partial charge in [0.15, 0.2) is 0 Å². The maximum atomic E-state index is 0. The maximum absolute atomic E-state index is 0. The number of hydrogen-bond acceptors (Lipinski definition) is 0. The Morgan fingerprint density at radius 1 is 1.00 bits per heavy atom. The van der Waals surface area contributed by atoms with Gasteiger partial charge in [-0.25, -0.2) is 0 Å². The smallest absolute Gasteiger partial charge is 0 e. The van der Waals surface area contributed by atoms with E-state index in [-0.39, 0.29) is 68.2 Å². The van der Waals surface area contributed by atoms with Gasteiger partial charge in [0.25, 0.3) is 0 Å². The van der Waals surface area contributed by atoms with Crippen molar-refractivity contribution in [1.82, 2.24) is 0 Å². The van der Waals surface area contributed by atoms with Crippen molar-refractivity contribution in [2.24, 2.45) is 0 Å². The quantitative estimate of drug-likeness (QED) is 0.421. The summed E-state index contributed by atoms with van der Waals surface area (Å²) in [6, 6.07) is 0. The van der Waals surface area contributed by atoms with E-state index in [1.807, 2.05) is 0 Å². The molecular weight excluding hydrogens is 172 g/mol. The Kier molecular flexibility index (Phi) is 185. The van der Waals surface area contributed by atoms with E-state index >= 15 is 0 Å². The molecule has 0 aliphatic rings. The SMILES string of the molecule is [Cu].[Fe].[Mg].[Si]. The van der Waals surface area contributed by atoms with Crippen LogP contribution in [0.3, 0.4) is 0 Å². The molecule has 25 valence electrons. The van der Waals surface area contributed by atoms with E-state index in [0.717, 1.165) is 0 Å². The van der Waals surface area contributed by atoms with Gasteiger partial charge in [-0.15, -0.1) is 0 Å². The molecule has 0 atom stereocenters. The molecule has 0 N–H and O–H groups in total. The second-order valence-corrected chi connectivity index (χ2v) is 0. The summed E-state index contributed by atoms with van der Waals surface area (Å²) < 4.78 is 0. The van der Waals surface area contributed by atoms with Crippen molar-refractivity contribution >= 4 is 34.0 Å². The summed E-state index contributed by atoms with van der Waals surface area (Å²) >= 11 is 0. The topological polar surface area (TPSA) is 0 Å². The van der Waals surface area contributed by atoms with Crippen LogP contribution >= 0.6 is 0 Å². The first-order valence-electron chi connectivity index (χ1n) is 0. The Morgan fingerprint density at radius 3 is 1.00 bits per heavy atom. The van der Waals surface area contributed by atoms with Crippen molar-refractivity contribution in [2.45, 2.75) is 0 Å². The summed E-state index contributed by atoms with van der Waals surface area (Å²) in [7, 11) is 0. The molecule has 0 unspecified atom stereocenters. The molecule has 0 saturated heterocycles. The second kappa shape index (κ2) is 19.9. The zero-order chi connectivity index (χ0) is 0. The van der Waals surface area contributed by atoms with Crippen LogP contribution < -0.4 is 0 Å². The number of rotatable bonds is 0.